The van der Waals surface area contributed by atoms with Gasteiger partial charge in [0.25, 0.3) is 0 Å². The van der Waals surface area contributed by atoms with Crippen LogP contribution in [0, 0.1) is 0 Å². The van der Waals surface area contributed by atoms with E-state index >= 15 is 0 Å². The molecular weight excluding hydrogens is 332 g/mol. The summed E-state index contributed by atoms with van der Waals surface area (Å²) in [6.45, 7) is 1.54. The van der Waals surface area contributed by atoms with Gasteiger partial charge >= 0.3 is 0 Å². The topological polar surface area (TPSA) is 85.8 Å². The number of piperidine rings is 1. The normalized spacial score (nSPS) is 23.4. The Kier molecular flexibility index (Phi) is 4.78. The first-order chi connectivity index (χ1) is 11.4. The number of pyridine rings is 1. The van der Waals surface area contributed by atoms with Gasteiger partial charge in [0.1, 0.15) is 11.9 Å². The second-order valence-electron chi connectivity index (χ2n) is 6.56. The Hall–Kier alpha value is -1.67. The highest BCUT2D eigenvalue weighted by atomic mass is 32.2. The number of aromatic nitrogens is 1. The highest BCUT2D eigenvalue weighted by molar-refractivity contribution is 7.91. The fourth-order valence-corrected chi connectivity index (χ4v) is 3.92. The van der Waals surface area contributed by atoms with E-state index in [0.717, 1.165) is 12.7 Å². The lowest BCUT2D eigenvalue weighted by Crippen LogP contribution is -2.48. The molecule has 1 aromatic rings. The van der Waals surface area contributed by atoms with Crippen molar-refractivity contribution in [1.82, 2.24) is 9.88 Å². The highest BCUT2D eigenvalue weighted by Gasteiger charge is 2.44. The molecule has 0 saturated carbocycles. The van der Waals surface area contributed by atoms with Crippen molar-refractivity contribution in [2.75, 3.05) is 31.7 Å². The monoisotopic (exact) mass is 354 g/mol. The van der Waals surface area contributed by atoms with Crippen molar-refractivity contribution in [3.8, 4) is 5.88 Å². The van der Waals surface area contributed by atoms with Crippen LogP contribution in [0.2, 0.25) is 0 Å². The lowest BCUT2D eigenvalue weighted by atomic mass is 9.88. The highest BCUT2D eigenvalue weighted by Crippen LogP contribution is 2.37. The Morgan fingerprint density at radius 1 is 1.42 bits per heavy atom. The Balaban J connectivity index is 1.52. The van der Waals surface area contributed by atoms with Gasteiger partial charge in [-0.15, -0.1) is 0 Å². The molecule has 1 spiro atoms. The molecule has 0 bridgehead atoms. The van der Waals surface area contributed by atoms with E-state index in [0.29, 0.717) is 38.4 Å². The summed E-state index contributed by atoms with van der Waals surface area (Å²) in [5.74, 6) is -0.165. The zero-order valence-corrected chi connectivity index (χ0v) is 14.5. The lowest BCUT2D eigenvalue weighted by molar-refractivity contribution is -0.133. The first kappa shape index (κ1) is 17.2. The summed E-state index contributed by atoms with van der Waals surface area (Å²) >= 11 is 0. The van der Waals surface area contributed by atoms with Gasteiger partial charge in [-0.25, -0.2) is 13.4 Å². The lowest BCUT2D eigenvalue weighted by Gasteiger charge is -2.38. The molecule has 2 aliphatic rings. The second-order valence-corrected chi connectivity index (χ2v) is 8.70. The molecule has 1 amide bonds. The molecule has 0 aliphatic carbocycles. The van der Waals surface area contributed by atoms with Crippen LogP contribution in [-0.2, 0) is 19.4 Å². The van der Waals surface area contributed by atoms with Crippen molar-refractivity contribution in [3.63, 3.8) is 0 Å². The molecule has 1 unspecified atom stereocenters. The molecule has 0 N–H and O–H groups in total. The largest absolute Gasteiger partial charge is 0.472 e. The fourth-order valence-electron chi connectivity index (χ4n) is 3.29. The number of carbonyl (C=O) groups excluding carboxylic acids is 1. The minimum atomic E-state index is -3.29. The molecule has 24 heavy (non-hydrogen) atoms. The predicted octanol–water partition coefficient (Wildman–Crippen LogP) is 0.655. The number of hydrogen-bond acceptors (Lipinski definition) is 6. The third kappa shape index (κ3) is 4.24. The number of carbonyl (C=O) groups is 1. The Labute approximate surface area is 141 Å². The van der Waals surface area contributed by atoms with Crippen LogP contribution < -0.4 is 4.74 Å². The van der Waals surface area contributed by atoms with E-state index in [1.54, 1.807) is 11.1 Å². The van der Waals surface area contributed by atoms with Crippen molar-refractivity contribution in [3.05, 3.63) is 24.4 Å². The SMILES string of the molecule is CS(=O)(=O)CC(=O)N1CCC2(CC1)CC(Oc1ccccn1)CO2. The third-order valence-corrected chi connectivity index (χ3v) is 5.28. The van der Waals surface area contributed by atoms with E-state index in [9.17, 15) is 13.2 Å². The molecule has 1 aromatic heterocycles. The van der Waals surface area contributed by atoms with Gasteiger partial charge in [0.05, 0.1) is 12.2 Å². The minimum absolute atomic E-state index is 0.0434. The van der Waals surface area contributed by atoms with Crippen molar-refractivity contribution in [2.45, 2.75) is 31.0 Å². The predicted molar refractivity (Wildman–Crippen MR) is 87.5 cm³/mol. The molecule has 2 aliphatic heterocycles. The number of sulfone groups is 1. The number of ether oxygens (including phenoxy) is 2. The zero-order valence-electron chi connectivity index (χ0n) is 13.7. The number of hydrogen-bond donors (Lipinski definition) is 0. The zero-order chi connectivity index (χ0) is 17.2. The summed E-state index contributed by atoms with van der Waals surface area (Å²) in [5.41, 5.74) is -0.276. The summed E-state index contributed by atoms with van der Waals surface area (Å²) in [5, 5.41) is 0. The van der Waals surface area contributed by atoms with Crippen LogP contribution in [0.1, 0.15) is 19.3 Å². The average Bonchev–Trinajstić information content (AvgIpc) is 2.90. The van der Waals surface area contributed by atoms with E-state index in [1.165, 1.54) is 0 Å². The van der Waals surface area contributed by atoms with Gasteiger partial charge in [0, 0.05) is 38.0 Å². The maximum absolute atomic E-state index is 12.0. The average molecular weight is 354 g/mol. The van der Waals surface area contributed by atoms with E-state index in [-0.39, 0.29) is 17.6 Å². The van der Waals surface area contributed by atoms with Gasteiger partial charge in [0.2, 0.25) is 11.8 Å². The van der Waals surface area contributed by atoms with Crippen LogP contribution in [-0.4, -0.2) is 67.6 Å². The molecular formula is C16H22N2O5S. The van der Waals surface area contributed by atoms with Gasteiger partial charge < -0.3 is 14.4 Å². The van der Waals surface area contributed by atoms with Gasteiger partial charge in [-0.3, -0.25) is 4.79 Å². The molecule has 8 heteroatoms. The Bertz CT molecular complexity index is 684. The van der Waals surface area contributed by atoms with Crippen LogP contribution in [0.4, 0.5) is 0 Å². The molecule has 3 rings (SSSR count). The van der Waals surface area contributed by atoms with E-state index in [2.05, 4.69) is 4.98 Å². The van der Waals surface area contributed by atoms with Crippen molar-refractivity contribution >= 4 is 15.7 Å². The standard InChI is InChI=1S/C16H22N2O5S/c1-24(20,21)12-15(19)18-8-5-16(6-9-18)10-13(11-22-16)23-14-4-2-3-7-17-14/h2-4,7,13H,5-6,8-12H2,1H3. The summed E-state index contributed by atoms with van der Waals surface area (Å²) < 4.78 is 34.3. The molecule has 2 saturated heterocycles. The number of amides is 1. The third-order valence-electron chi connectivity index (χ3n) is 4.51. The number of rotatable bonds is 4. The molecule has 3 heterocycles. The smallest absolute Gasteiger partial charge is 0.237 e. The first-order valence-electron chi connectivity index (χ1n) is 8.02. The van der Waals surface area contributed by atoms with Gasteiger partial charge in [-0.1, -0.05) is 6.07 Å². The number of nitrogens with zero attached hydrogens (tertiary/aromatic N) is 2. The Morgan fingerprint density at radius 3 is 2.79 bits per heavy atom. The van der Waals surface area contributed by atoms with E-state index in [1.807, 2.05) is 18.2 Å². The summed E-state index contributed by atoms with van der Waals surface area (Å²) in [6, 6.07) is 5.53. The molecule has 1 atom stereocenters. The molecule has 132 valence electrons. The summed E-state index contributed by atoms with van der Waals surface area (Å²) in [6.07, 6.45) is 4.88. The quantitative estimate of drug-likeness (QED) is 0.789. The van der Waals surface area contributed by atoms with Crippen molar-refractivity contribution in [2.24, 2.45) is 0 Å². The van der Waals surface area contributed by atoms with Crippen LogP contribution >= 0.6 is 0 Å². The minimum Gasteiger partial charge on any atom is -0.472 e. The van der Waals surface area contributed by atoms with Gasteiger partial charge in [-0.2, -0.15) is 0 Å². The molecule has 0 radical (unpaired) electrons. The van der Waals surface area contributed by atoms with Crippen LogP contribution in [0.3, 0.4) is 0 Å². The van der Waals surface area contributed by atoms with Gasteiger partial charge in [-0.05, 0) is 18.9 Å². The maximum Gasteiger partial charge on any atom is 0.237 e. The van der Waals surface area contributed by atoms with Crippen molar-refractivity contribution in [1.29, 1.82) is 0 Å². The molecule has 0 aromatic carbocycles. The van der Waals surface area contributed by atoms with Gasteiger partial charge in [0.15, 0.2) is 9.84 Å². The summed E-state index contributed by atoms with van der Waals surface area (Å²) in [4.78, 5) is 17.8. The van der Waals surface area contributed by atoms with E-state index < -0.39 is 15.6 Å². The first-order valence-corrected chi connectivity index (χ1v) is 10.1. The number of likely N-dealkylation sites (tertiary alicyclic amines) is 1. The van der Waals surface area contributed by atoms with Crippen molar-refractivity contribution < 1.29 is 22.7 Å². The molecule has 7 nitrogen and oxygen atoms in total. The second kappa shape index (κ2) is 6.68. The maximum atomic E-state index is 12.0. The summed E-state index contributed by atoms with van der Waals surface area (Å²) in [7, 11) is -3.29. The van der Waals surface area contributed by atoms with Crippen LogP contribution in [0.15, 0.2) is 24.4 Å². The fraction of sp³-hybridized carbons (Fsp3) is 0.625. The van der Waals surface area contributed by atoms with E-state index in [4.69, 9.17) is 9.47 Å². The van der Waals surface area contributed by atoms with Crippen LogP contribution in [0.25, 0.3) is 0 Å². The van der Waals surface area contributed by atoms with Crippen LogP contribution in [0.5, 0.6) is 5.88 Å². The molecule has 2 fully saturated rings. The Morgan fingerprint density at radius 2 is 2.17 bits per heavy atom.